The van der Waals surface area contributed by atoms with E-state index in [2.05, 4.69) is 24.1 Å². The molecule has 0 aliphatic carbocycles. The number of anilines is 1. The first-order chi connectivity index (χ1) is 13.0. The van der Waals surface area contributed by atoms with Crippen molar-refractivity contribution in [2.24, 2.45) is 5.92 Å². The molecule has 2 amide bonds. The summed E-state index contributed by atoms with van der Waals surface area (Å²) in [5, 5.41) is 7.02. The minimum Gasteiger partial charge on any atom is -0.329 e. The van der Waals surface area contributed by atoms with Gasteiger partial charge in [-0.05, 0) is 29.2 Å². The van der Waals surface area contributed by atoms with E-state index < -0.39 is 0 Å². The van der Waals surface area contributed by atoms with Gasteiger partial charge >= 0.3 is 0 Å². The van der Waals surface area contributed by atoms with Crippen molar-refractivity contribution < 1.29 is 9.59 Å². The van der Waals surface area contributed by atoms with Gasteiger partial charge in [0.1, 0.15) is 6.54 Å². The van der Waals surface area contributed by atoms with Crippen LogP contribution in [0.25, 0.3) is 10.8 Å². The molecule has 27 heavy (non-hydrogen) atoms. The number of carbonyl (C=O) groups is 2. The topological polar surface area (TPSA) is 62.3 Å². The Morgan fingerprint density at radius 1 is 1.15 bits per heavy atom. The molecule has 1 N–H and O–H groups in total. The molecular weight excluding hydrogens is 358 g/mol. The Hall–Kier alpha value is -2.73. The van der Waals surface area contributed by atoms with Crippen molar-refractivity contribution in [1.82, 2.24) is 9.88 Å². The third-order valence-corrected chi connectivity index (χ3v) is 4.99. The van der Waals surface area contributed by atoms with Gasteiger partial charge in [0.25, 0.3) is 5.91 Å². The van der Waals surface area contributed by atoms with Gasteiger partial charge in [0.05, 0.1) is 0 Å². The molecule has 0 bridgehead atoms. The standard InChI is InChI=1S/C21H23N3O2S/c1-15(2)10-12-24(14-19(25)23-21-22-11-13-27-21)20(26)18-9-5-7-16-6-3-4-8-17(16)18/h3-9,11,13,15H,10,12,14H2,1-2H3,(H,22,23,25). The minimum absolute atomic E-state index is 0.00829. The molecule has 0 spiro atoms. The molecule has 0 saturated carbocycles. The van der Waals surface area contributed by atoms with Crippen molar-refractivity contribution in [1.29, 1.82) is 0 Å². The number of aromatic nitrogens is 1. The van der Waals surface area contributed by atoms with Gasteiger partial charge in [0.2, 0.25) is 5.91 Å². The van der Waals surface area contributed by atoms with Gasteiger partial charge in [0, 0.05) is 23.7 Å². The van der Waals surface area contributed by atoms with Crippen LogP contribution in [0.3, 0.4) is 0 Å². The first kappa shape index (κ1) is 19.0. The highest BCUT2D eigenvalue weighted by Gasteiger charge is 2.21. The lowest BCUT2D eigenvalue weighted by molar-refractivity contribution is -0.116. The molecule has 0 atom stereocenters. The second-order valence-electron chi connectivity index (χ2n) is 6.82. The molecule has 5 nitrogen and oxygen atoms in total. The summed E-state index contributed by atoms with van der Waals surface area (Å²) in [5.74, 6) is 0.0823. The molecule has 0 aliphatic rings. The van der Waals surface area contributed by atoms with Gasteiger partial charge in [-0.15, -0.1) is 11.3 Å². The van der Waals surface area contributed by atoms with E-state index in [0.717, 1.165) is 17.2 Å². The maximum Gasteiger partial charge on any atom is 0.254 e. The number of hydrogen-bond acceptors (Lipinski definition) is 4. The largest absolute Gasteiger partial charge is 0.329 e. The van der Waals surface area contributed by atoms with Crippen LogP contribution in [-0.4, -0.2) is 34.8 Å². The number of nitrogens with zero attached hydrogens (tertiary/aromatic N) is 2. The molecule has 0 fully saturated rings. The SMILES string of the molecule is CC(C)CCN(CC(=O)Nc1nccs1)C(=O)c1cccc2ccccc12. The maximum absolute atomic E-state index is 13.2. The molecule has 3 rings (SSSR count). The maximum atomic E-state index is 13.2. The number of thiazole rings is 1. The molecular formula is C21H23N3O2S. The number of nitrogens with one attached hydrogen (secondary N) is 1. The predicted molar refractivity (Wildman–Crippen MR) is 110 cm³/mol. The fourth-order valence-electron chi connectivity index (χ4n) is 2.87. The number of amides is 2. The molecule has 0 saturated heterocycles. The number of rotatable bonds is 7. The molecule has 0 unspecified atom stereocenters. The van der Waals surface area contributed by atoms with Gasteiger partial charge in [0.15, 0.2) is 5.13 Å². The molecule has 6 heteroatoms. The van der Waals surface area contributed by atoms with Crippen molar-refractivity contribution in [3.8, 4) is 0 Å². The average Bonchev–Trinajstić information content (AvgIpc) is 3.16. The summed E-state index contributed by atoms with van der Waals surface area (Å²) in [6, 6.07) is 13.5. The second-order valence-corrected chi connectivity index (χ2v) is 7.72. The van der Waals surface area contributed by atoms with Crippen molar-refractivity contribution in [3.05, 3.63) is 59.6 Å². The van der Waals surface area contributed by atoms with Crippen LogP contribution in [0.2, 0.25) is 0 Å². The summed E-state index contributed by atoms with van der Waals surface area (Å²) < 4.78 is 0. The lowest BCUT2D eigenvalue weighted by atomic mass is 10.0. The van der Waals surface area contributed by atoms with E-state index in [9.17, 15) is 9.59 Å². The fraction of sp³-hybridized carbons (Fsp3) is 0.286. The van der Waals surface area contributed by atoms with Crippen LogP contribution in [0.15, 0.2) is 54.0 Å². The minimum atomic E-state index is -0.234. The Morgan fingerprint density at radius 3 is 2.67 bits per heavy atom. The van der Waals surface area contributed by atoms with Crippen LogP contribution < -0.4 is 5.32 Å². The zero-order valence-corrected chi connectivity index (χ0v) is 16.3. The summed E-state index contributed by atoms with van der Waals surface area (Å²) in [6.45, 7) is 4.76. The van der Waals surface area contributed by atoms with Crippen LogP contribution in [0, 0.1) is 5.92 Å². The molecule has 140 valence electrons. The Morgan fingerprint density at radius 2 is 1.93 bits per heavy atom. The lowest BCUT2D eigenvalue weighted by Crippen LogP contribution is -2.39. The normalized spacial score (nSPS) is 10.9. The number of hydrogen-bond donors (Lipinski definition) is 1. The quantitative estimate of drug-likeness (QED) is 0.659. The van der Waals surface area contributed by atoms with Gasteiger partial charge in [-0.1, -0.05) is 50.2 Å². The van der Waals surface area contributed by atoms with Crippen LogP contribution in [0.1, 0.15) is 30.6 Å². The van der Waals surface area contributed by atoms with Crippen molar-refractivity contribution in [2.75, 3.05) is 18.4 Å². The van der Waals surface area contributed by atoms with E-state index in [1.807, 2.05) is 42.5 Å². The predicted octanol–water partition coefficient (Wildman–Crippen LogP) is 4.42. The Kier molecular flexibility index (Phi) is 6.19. The van der Waals surface area contributed by atoms with Gasteiger partial charge in [-0.25, -0.2) is 4.98 Å². The Bertz CT molecular complexity index is 917. The van der Waals surface area contributed by atoms with E-state index in [4.69, 9.17) is 0 Å². The average molecular weight is 382 g/mol. The Labute approximate surface area is 163 Å². The van der Waals surface area contributed by atoms with Crippen LogP contribution in [0.4, 0.5) is 5.13 Å². The number of benzene rings is 2. The summed E-state index contributed by atoms with van der Waals surface area (Å²) in [5.41, 5.74) is 0.624. The van der Waals surface area contributed by atoms with Crippen molar-refractivity contribution in [3.63, 3.8) is 0 Å². The molecule has 2 aromatic carbocycles. The zero-order chi connectivity index (χ0) is 19.2. The molecule has 0 aliphatic heterocycles. The lowest BCUT2D eigenvalue weighted by Gasteiger charge is -2.23. The molecule has 1 heterocycles. The van der Waals surface area contributed by atoms with Gasteiger partial charge < -0.3 is 10.2 Å². The van der Waals surface area contributed by atoms with Gasteiger partial charge in [-0.2, -0.15) is 0 Å². The number of carbonyl (C=O) groups excluding carboxylic acids is 2. The number of fused-ring (bicyclic) bond motifs is 1. The Balaban J connectivity index is 1.82. The summed E-state index contributed by atoms with van der Waals surface area (Å²) in [6.07, 6.45) is 2.47. The van der Waals surface area contributed by atoms with Crippen LogP contribution >= 0.6 is 11.3 Å². The first-order valence-corrected chi connectivity index (χ1v) is 9.89. The van der Waals surface area contributed by atoms with E-state index in [0.29, 0.717) is 23.2 Å². The van der Waals surface area contributed by atoms with Crippen molar-refractivity contribution >= 4 is 39.1 Å². The zero-order valence-electron chi connectivity index (χ0n) is 15.5. The first-order valence-electron chi connectivity index (χ1n) is 9.01. The summed E-state index contributed by atoms with van der Waals surface area (Å²) >= 11 is 1.36. The molecule has 3 aromatic rings. The third-order valence-electron chi connectivity index (χ3n) is 4.30. The van der Waals surface area contributed by atoms with E-state index in [1.54, 1.807) is 16.5 Å². The smallest absolute Gasteiger partial charge is 0.254 e. The second kappa shape index (κ2) is 8.77. The third kappa shape index (κ3) is 4.92. The fourth-order valence-corrected chi connectivity index (χ4v) is 3.41. The van der Waals surface area contributed by atoms with E-state index in [1.165, 1.54) is 11.3 Å². The highest BCUT2D eigenvalue weighted by molar-refractivity contribution is 7.13. The molecule has 0 radical (unpaired) electrons. The highest BCUT2D eigenvalue weighted by atomic mass is 32.1. The van der Waals surface area contributed by atoms with Gasteiger partial charge in [-0.3, -0.25) is 9.59 Å². The van der Waals surface area contributed by atoms with Crippen molar-refractivity contribution in [2.45, 2.75) is 20.3 Å². The van der Waals surface area contributed by atoms with Crippen LogP contribution in [0.5, 0.6) is 0 Å². The van der Waals surface area contributed by atoms with E-state index in [-0.39, 0.29) is 18.4 Å². The van der Waals surface area contributed by atoms with E-state index >= 15 is 0 Å². The highest BCUT2D eigenvalue weighted by Crippen LogP contribution is 2.21. The monoisotopic (exact) mass is 381 g/mol. The summed E-state index contributed by atoms with van der Waals surface area (Å²) in [4.78, 5) is 31.4. The van der Waals surface area contributed by atoms with Crippen LogP contribution in [-0.2, 0) is 4.79 Å². The molecule has 1 aromatic heterocycles. The summed E-state index contributed by atoms with van der Waals surface area (Å²) in [7, 11) is 0.